The molecule has 0 fully saturated rings. The second-order valence-corrected chi connectivity index (χ2v) is 4.52. The predicted octanol–water partition coefficient (Wildman–Crippen LogP) is 1.97. The number of thiazole rings is 1. The van der Waals surface area contributed by atoms with Crippen LogP contribution in [-0.4, -0.2) is 17.0 Å². The molecule has 2 aromatic heterocycles. The lowest BCUT2D eigenvalue weighted by Crippen LogP contribution is -2.13. The molecule has 0 spiro atoms. The van der Waals surface area contributed by atoms with Gasteiger partial charge in [-0.05, 0) is 12.5 Å². The Labute approximate surface area is 108 Å². The van der Waals surface area contributed by atoms with E-state index in [1.807, 2.05) is 18.4 Å². The Bertz CT molecular complexity index is 665. The molecule has 0 bridgehead atoms. The SMILES string of the molecule is CCc1[nH]c(=O)c(C#N)cc1-c1csc(NC)n1. The monoisotopic (exact) mass is 260 g/mol. The van der Waals surface area contributed by atoms with Gasteiger partial charge in [0, 0.05) is 23.7 Å². The zero-order valence-corrected chi connectivity index (χ0v) is 10.9. The lowest BCUT2D eigenvalue weighted by atomic mass is 10.1. The Hall–Kier alpha value is -2.13. The van der Waals surface area contributed by atoms with Crippen LogP contribution in [0.15, 0.2) is 16.2 Å². The third-order valence-corrected chi connectivity index (χ3v) is 3.45. The molecule has 0 saturated heterocycles. The molecule has 0 aromatic carbocycles. The van der Waals surface area contributed by atoms with Crippen molar-refractivity contribution in [3.63, 3.8) is 0 Å². The van der Waals surface area contributed by atoms with Crippen molar-refractivity contribution in [2.24, 2.45) is 0 Å². The lowest BCUT2D eigenvalue weighted by molar-refractivity contribution is 1.01. The highest BCUT2D eigenvalue weighted by Gasteiger charge is 2.12. The highest BCUT2D eigenvalue weighted by atomic mass is 32.1. The first-order valence-corrected chi connectivity index (χ1v) is 6.37. The van der Waals surface area contributed by atoms with E-state index in [2.05, 4.69) is 15.3 Å². The highest BCUT2D eigenvalue weighted by molar-refractivity contribution is 7.14. The summed E-state index contributed by atoms with van der Waals surface area (Å²) in [6, 6.07) is 3.50. The smallest absolute Gasteiger partial charge is 0.266 e. The van der Waals surface area contributed by atoms with E-state index in [-0.39, 0.29) is 11.1 Å². The fourth-order valence-electron chi connectivity index (χ4n) is 1.67. The van der Waals surface area contributed by atoms with Crippen LogP contribution in [0.1, 0.15) is 18.2 Å². The van der Waals surface area contributed by atoms with E-state index in [4.69, 9.17) is 5.26 Å². The minimum atomic E-state index is -0.345. The standard InChI is InChI=1S/C12H12N4OS/c1-3-9-8(4-7(5-13)11(17)15-9)10-6-18-12(14-2)16-10/h4,6H,3H2,1-2H3,(H,14,16)(H,15,17). The van der Waals surface area contributed by atoms with Gasteiger partial charge >= 0.3 is 0 Å². The summed E-state index contributed by atoms with van der Waals surface area (Å²) >= 11 is 1.48. The number of nitriles is 1. The number of nitrogens with zero attached hydrogens (tertiary/aromatic N) is 2. The molecular weight excluding hydrogens is 248 g/mol. The van der Waals surface area contributed by atoms with Gasteiger partial charge in [-0.25, -0.2) is 4.98 Å². The van der Waals surface area contributed by atoms with Crippen molar-refractivity contribution in [3.8, 4) is 17.3 Å². The summed E-state index contributed by atoms with van der Waals surface area (Å²) < 4.78 is 0. The van der Waals surface area contributed by atoms with Crippen molar-refractivity contribution in [1.29, 1.82) is 5.26 Å². The second kappa shape index (κ2) is 5.02. The Kier molecular flexibility index (Phi) is 3.44. The summed E-state index contributed by atoms with van der Waals surface area (Å²) in [5.74, 6) is 0. The van der Waals surface area contributed by atoms with E-state index in [0.29, 0.717) is 6.42 Å². The maximum absolute atomic E-state index is 11.6. The molecule has 0 atom stereocenters. The normalized spacial score (nSPS) is 10.1. The van der Waals surface area contributed by atoms with Gasteiger partial charge in [0.05, 0.1) is 5.69 Å². The molecular formula is C12H12N4OS. The number of H-pyrrole nitrogens is 1. The summed E-state index contributed by atoms with van der Waals surface area (Å²) in [5, 5.41) is 14.6. The lowest BCUT2D eigenvalue weighted by Gasteiger charge is -2.05. The van der Waals surface area contributed by atoms with Crippen molar-refractivity contribution < 1.29 is 0 Å². The maximum Gasteiger partial charge on any atom is 0.266 e. The first kappa shape index (κ1) is 12.3. The molecule has 0 amide bonds. The molecule has 0 radical (unpaired) electrons. The maximum atomic E-state index is 11.6. The average molecular weight is 260 g/mol. The largest absolute Gasteiger partial charge is 0.365 e. The van der Waals surface area contributed by atoms with E-state index in [1.54, 1.807) is 13.1 Å². The molecule has 0 saturated carbocycles. The molecule has 0 unspecified atom stereocenters. The third kappa shape index (κ3) is 2.13. The van der Waals surface area contributed by atoms with Crippen LogP contribution >= 0.6 is 11.3 Å². The van der Waals surface area contributed by atoms with Gasteiger partial charge in [-0.1, -0.05) is 6.92 Å². The molecule has 2 aromatic rings. The number of hydrogen-bond donors (Lipinski definition) is 2. The molecule has 0 aliphatic rings. The van der Waals surface area contributed by atoms with Crippen molar-refractivity contribution >= 4 is 16.5 Å². The average Bonchev–Trinajstić information content (AvgIpc) is 2.87. The van der Waals surface area contributed by atoms with Crippen LogP contribution in [0.4, 0.5) is 5.13 Å². The van der Waals surface area contributed by atoms with Gasteiger partial charge in [0.2, 0.25) is 0 Å². The summed E-state index contributed by atoms with van der Waals surface area (Å²) in [7, 11) is 1.80. The fourth-order valence-corrected chi connectivity index (χ4v) is 2.34. The summed E-state index contributed by atoms with van der Waals surface area (Å²) in [6.07, 6.45) is 0.683. The van der Waals surface area contributed by atoms with Gasteiger partial charge in [-0.3, -0.25) is 4.79 Å². The summed E-state index contributed by atoms with van der Waals surface area (Å²) in [6.45, 7) is 1.95. The fraction of sp³-hybridized carbons (Fsp3) is 0.250. The molecule has 0 aliphatic heterocycles. The Morgan fingerprint density at radius 2 is 2.39 bits per heavy atom. The van der Waals surface area contributed by atoms with Crippen LogP contribution in [0.3, 0.4) is 0 Å². The number of aryl methyl sites for hydroxylation is 1. The number of anilines is 1. The number of nitrogens with one attached hydrogen (secondary N) is 2. The van der Waals surface area contributed by atoms with Crippen molar-refractivity contribution in [2.45, 2.75) is 13.3 Å². The Morgan fingerprint density at radius 1 is 1.61 bits per heavy atom. The number of hydrogen-bond acceptors (Lipinski definition) is 5. The van der Waals surface area contributed by atoms with E-state index >= 15 is 0 Å². The molecule has 5 nitrogen and oxygen atoms in total. The summed E-state index contributed by atoms with van der Waals surface area (Å²) in [5.41, 5.74) is 2.15. The third-order valence-electron chi connectivity index (χ3n) is 2.59. The van der Waals surface area contributed by atoms with E-state index in [0.717, 1.165) is 22.1 Å². The summed E-state index contributed by atoms with van der Waals surface area (Å²) in [4.78, 5) is 18.7. The Morgan fingerprint density at radius 3 is 2.94 bits per heavy atom. The zero-order chi connectivity index (χ0) is 13.1. The zero-order valence-electron chi connectivity index (χ0n) is 10.1. The van der Waals surface area contributed by atoms with Crippen LogP contribution in [0.25, 0.3) is 11.3 Å². The number of rotatable bonds is 3. The van der Waals surface area contributed by atoms with Gasteiger partial charge in [-0.15, -0.1) is 11.3 Å². The van der Waals surface area contributed by atoms with Crippen LogP contribution < -0.4 is 10.9 Å². The number of aromatic amines is 1. The Balaban J connectivity index is 2.62. The first-order valence-electron chi connectivity index (χ1n) is 5.49. The van der Waals surface area contributed by atoms with Crippen molar-refractivity contribution in [3.05, 3.63) is 33.1 Å². The molecule has 6 heteroatoms. The quantitative estimate of drug-likeness (QED) is 0.884. The van der Waals surface area contributed by atoms with E-state index in [9.17, 15) is 4.79 Å². The van der Waals surface area contributed by atoms with Crippen LogP contribution in [0, 0.1) is 11.3 Å². The minimum Gasteiger partial charge on any atom is -0.365 e. The van der Waals surface area contributed by atoms with Crippen molar-refractivity contribution in [2.75, 3.05) is 12.4 Å². The molecule has 2 rings (SSSR count). The second-order valence-electron chi connectivity index (χ2n) is 3.66. The minimum absolute atomic E-state index is 0.112. The molecule has 92 valence electrons. The predicted molar refractivity (Wildman–Crippen MR) is 71.8 cm³/mol. The highest BCUT2D eigenvalue weighted by Crippen LogP contribution is 2.26. The van der Waals surface area contributed by atoms with Gasteiger partial charge < -0.3 is 10.3 Å². The first-order chi connectivity index (χ1) is 8.69. The van der Waals surface area contributed by atoms with Gasteiger partial charge in [0.15, 0.2) is 5.13 Å². The van der Waals surface area contributed by atoms with Crippen LogP contribution in [0.5, 0.6) is 0 Å². The van der Waals surface area contributed by atoms with Crippen molar-refractivity contribution in [1.82, 2.24) is 9.97 Å². The van der Waals surface area contributed by atoms with Gasteiger partial charge in [-0.2, -0.15) is 5.26 Å². The van der Waals surface area contributed by atoms with Crippen LogP contribution in [-0.2, 0) is 6.42 Å². The van der Waals surface area contributed by atoms with E-state index < -0.39 is 0 Å². The number of pyridine rings is 1. The van der Waals surface area contributed by atoms with E-state index in [1.165, 1.54) is 11.3 Å². The van der Waals surface area contributed by atoms with Crippen LogP contribution in [0.2, 0.25) is 0 Å². The van der Waals surface area contributed by atoms with Gasteiger partial charge in [0.25, 0.3) is 5.56 Å². The molecule has 0 aliphatic carbocycles. The van der Waals surface area contributed by atoms with Gasteiger partial charge in [0.1, 0.15) is 11.6 Å². The molecule has 18 heavy (non-hydrogen) atoms. The topological polar surface area (TPSA) is 81.6 Å². The number of aromatic nitrogens is 2. The molecule has 2 N–H and O–H groups in total. The molecule has 2 heterocycles.